The van der Waals surface area contributed by atoms with Crippen LogP contribution >= 0.6 is 0 Å². The predicted molar refractivity (Wildman–Crippen MR) is 95.6 cm³/mol. The van der Waals surface area contributed by atoms with Crippen LogP contribution < -0.4 is 0 Å². The summed E-state index contributed by atoms with van der Waals surface area (Å²) in [6.45, 7) is 8.13. The van der Waals surface area contributed by atoms with Gasteiger partial charge < -0.3 is 9.42 Å². The molecule has 0 atom stereocenters. The number of hydrogen-bond acceptors (Lipinski definition) is 4. The van der Waals surface area contributed by atoms with Gasteiger partial charge in [0.15, 0.2) is 0 Å². The fraction of sp³-hybridized carbons (Fsp3) is 0.500. The van der Waals surface area contributed by atoms with Crippen molar-refractivity contribution in [3.8, 4) is 0 Å². The number of nitrogens with zero attached hydrogens (tertiary/aromatic N) is 3. The second kappa shape index (κ2) is 6.64. The van der Waals surface area contributed by atoms with Crippen molar-refractivity contribution in [3.63, 3.8) is 0 Å². The lowest BCUT2D eigenvalue weighted by Crippen LogP contribution is -2.48. The molecule has 4 rings (SSSR count). The summed E-state index contributed by atoms with van der Waals surface area (Å²) < 4.78 is 5.25. The number of aryl methyl sites for hydroxylation is 4. The van der Waals surface area contributed by atoms with E-state index in [1.807, 2.05) is 24.8 Å². The van der Waals surface area contributed by atoms with Gasteiger partial charge in [0.05, 0.1) is 5.69 Å². The van der Waals surface area contributed by atoms with Crippen molar-refractivity contribution in [2.75, 3.05) is 26.2 Å². The van der Waals surface area contributed by atoms with Crippen molar-refractivity contribution >= 4 is 5.91 Å². The first-order valence-corrected chi connectivity index (χ1v) is 9.17. The summed E-state index contributed by atoms with van der Waals surface area (Å²) in [5.41, 5.74) is 5.77. The zero-order chi connectivity index (χ0) is 17.4. The van der Waals surface area contributed by atoms with Crippen LogP contribution in [0.1, 0.15) is 44.9 Å². The van der Waals surface area contributed by atoms with Crippen LogP contribution in [0.2, 0.25) is 0 Å². The highest BCUT2D eigenvalue weighted by Crippen LogP contribution is 2.24. The molecular formula is C20H25N3O2. The molecule has 0 bridgehead atoms. The SMILES string of the molecule is Cc1noc(C)c1CN1CCN(C(=O)c2ccc3c(c2)CCC3)CC1. The van der Waals surface area contributed by atoms with Gasteiger partial charge in [0.1, 0.15) is 5.76 Å². The Kier molecular flexibility index (Phi) is 4.34. The topological polar surface area (TPSA) is 49.6 Å². The molecule has 0 saturated carbocycles. The first-order valence-electron chi connectivity index (χ1n) is 9.17. The summed E-state index contributed by atoms with van der Waals surface area (Å²) in [5.74, 6) is 1.07. The summed E-state index contributed by atoms with van der Waals surface area (Å²) in [6, 6.07) is 6.26. The smallest absolute Gasteiger partial charge is 0.253 e. The van der Waals surface area contributed by atoms with Gasteiger partial charge in [-0.3, -0.25) is 9.69 Å². The summed E-state index contributed by atoms with van der Waals surface area (Å²) >= 11 is 0. The summed E-state index contributed by atoms with van der Waals surface area (Å²) in [4.78, 5) is 17.2. The van der Waals surface area contributed by atoms with Gasteiger partial charge in [0.2, 0.25) is 0 Å². The molecule has 1 aliphatic heterocycles. The second-order valence-corrected chi connectivity index (χ2v) is 7.21. The minimum absolute atomic E-state index is 0.173. The highest BCUT2D eigenvalue weighted by molar-refractivity contribution is 5.94. The minimum atomic E-state index is 0.173. The fourth-order valence-electron chi connectivity index (χ4n) is 3.95. The molecule has 132 valence electrons. The van der Waals surface area contributed by atoms with Crippen LogP contribution in [0.15, 0.2) is 22.7 Å². The molecule has 2 heterocycles. The normalized spacial score (nSPS) is 17.8. The van der Waals surface area contributed by atoms with Gasteiger partial charge >= 0.3 is 0 Å². The van der Waals surface area contributed by atoms with E-state index in [0.717, 1.165) is 62.6 Å². The van der Waals surface area contributed by atoms with E-state index in [9.17, 15) is 4.79 Å². The second-order valence-electron chi connectivity index (χ2n) is 7.21. The van der Waals surface area contributed by atoms with Crippen LogP contribution in [0.25, 0.3) is 0 Å². The minimum Gasteiger partial charge on any atom is -0.361 e. The van der Waals surface area contributed by atoms with E-state index in [1.54, 1.807) is 0 Å². The quantitative estimate of drug-likeness (QED) is 0.863. The monoisotopic (exact) mass is 339 g/mol. The number of rotatable bonds is 3. The maximum absolute atomic E-state index is 12.8. The average Bonchev–Trinajstić information content (AvgIpc) is 3.22. The van der Waals surface area contributed by atoms with Gasteiger partial charge in [-0.25, -0.2) is 0 Å². The molecule has 5 nitrogen and oxygen atoms in total. The number of carbonyl (C=O) groups excluding carboxylic acids is 1. The zero-order valence-electron chi connectivity index (χ0n) is 15.0. The van der Waals surface area contributed by atoms with Crippen LogP contribution in [0.3, 0.4) is 0 Å². The van der Waals surface area contributed by atoms with Crippen LogP contribution in [0.4, 0.5) is 0 Å². The average molecular weight is 339 g/mol. The summed E-state index contributed by atoms with van der Waals surface area (Å²) in [7, 11) is 0. The molecule has 1 saturated heterocycles. The maximum atomic E-state index is 12.8. The van der Waals surface area contributed by atoms with Crippen LogP contribution in [-0.2, 0) is 19.4 Å². The molecule has 0 spiro atoms. The molecule has 1 amide bonds. The summed E-state index contributed by atoms with van der Waals surface area (Å²) in [6.07, 6.45) is 3.49. The van der Waals surface area contributed by atoms with Gasteiger partial charge in [-0.15, -0.1) is 0 Å². The van der Waals surface area contributed by atoms with E-state index >= 15 is 0 Å². The Morgan fingerprint density at radius 2 is 1.88 bits per heavy atom. The van der Waals surface area contributed by atoms with E-state index in [2.05, 4.69) is 22.2 Å². The fourth-order valence-corrected chi connectivity index (χ4v) is 3.95. The molecule has 5 heteroatoms. The number of carbonyl (C=O) groups is 1. The van der Waals surface area contributed by atoms with E-state index in [-0.39, 0.29) is 5.91 Å². The van der Waals surface area contributed by atoms with Crippen molar-refractivity contribution in [1.29, 1.82) is 0 Å². The van der Waals surface area contributed by atoms with Gasteiger partial charge in [-0.1, -0.05) is 11.2 Å². The molecule has 1 fully saturated rings. The molecular weight excluding hydrogens is 314 g/mol. The number of hydrogen-bond donors (Lipinski definition) is 0. The third-order valence-corrected chi connectivity index (χ3v) is 5.57. The summed E-state index contributed by atoms with van der Waals surface area (Å²) in [5, 5.41) is 4.03. The first-order chi connectivity index (χ1) is 12.1. The Labute approximate surface area is 148 Å². The Balaban J connectivity index is 1.37. The lowest BCUT2D eigenvalue weighted by molar-refractivity contribution is 0.0627. The largest absolute Gasteiger partial charge is 0.361 e. The highest BCUT2D eigenvalue weighted by Gasteiger charge is 2.24. The Morgan fingerprint density at radius 1 is 1.12 bits per heavy atom. The molecule has 0 radical (unpaired) electrons. The number of amides is 1. The van der Waals surface area contributed by atoms with Gasteiger partial charge in [0, 0.05) is 43.9 Å². The van der Waals surface area contributed by atoms with E-state index < -0.39 is 0 Å². The van der Waals surface area contributed by atoms with E-state index in [4.69, 9.17) is 4.52 Å². The molecule has 0 N–H and O–H groups in total. The number of aromatic nitrogens is 1. The Bertz CT molecular complexity index is 769. The lowest BCUT2D eigenvalue weighted by atomic mass is 10.1. The van der Waals surface area contributed by atoms with Gasteiger partial charge in [0.25, 0.3) is 5.91 Å². The molecule has 0 unspecified atom stereocenters. The van der Waals surface area contributed by atoms with Crippen molar-refractivity contribution < 1.29 is 9.32 Å². The molecule has 1 aromatic heterocycles. The van der Waals surface area contributed by atoms with E-state index in [1.165, 1.54) is 23.1 Å². The number of fused-ring (bicyclic) bond motifs is 1. The van der Waals surface area contributed by atoms with Gasteiger partial charge in [-0.05, 0) is 56.4 Å². The van der Waals surface area contributed by atoms with Gasteiger partial charge in [-0.2, -0.15) is 0 Å². The predicted octanol–water partition coefficient (Wildman–Crippen LogP) is 2.74. The molecule has 1 aliphatic carbocycles. The van der Waals surface area contributed by atoms with Crippen LogP contribution in [-0.4, -0.2) is 47.0 Å². The highest BCUT2D eigenvalue weighted by atomic mass is 16.5. The third kappa shape index (κ3) is 3.21. The van der Waals surface area contributed by atoms with E-state index in [0.29, 0.717) is 0 Å². The lowest BCUT2D eigenvalue weighted by Gasteiger charge is -2.34. The van der Waals surface area contributed by atoms with Crippen LogP contribution in [0.5, 0.6) is 0 Å². The van der Waals surface area contributed by atoms with Crippen molar-refractivity contribution in [2.45, 2.75) is 39.7 Å². The first kappa shape index (κ1) is 16.3. The van der Waals surface area contributed by atoms with Crippen molar-refractivity contribution in [3.05, 3.63) is 51.9 Å². The molecule has 1 aromatic carbocycles. The molecule has 2 aliphatic rings. The molecule has 2 aromatic rings. The third-order valence-electron chi connectivity index (χ3n) is 5.57. The zero-order valence-corrected chi connectivity index (χ0v) is 15.0. The maximum Gasteiger partial charge on any atom is 0.253 e. The Hall–Kier alpha value is -2.14. The van der Waals surface area contributed by atoms with Crippen molar-refractivity contribution in [2.24, 2.45) is 0 Å². The standard InChI is InChI=1S/C20H25N3O2/c1-14-19(15(2)25-21-14)13-22-8-10-23(11-9-22)20(24)18-7-6-16-4-3-5-17(16)12-18/h6-7,12H,3-5,8-11,13H2,1-2H3. The Morgan fingerprint density at radius 3 is 2.60 bits per heavy atom. The molecule has 25 heavy (non-hydrogen) atoms. The van der Waals surface area contributed by atoms with Crippen molar-refractivity contribution in [1.82, 2.24) is 15.0 Å². The number of benzene rings is 1. The van der Waals surface area contributed by atoms with Crippen LogP contribution in [0, 0.1) is 13.8 Å². The number of piperazine rings is 1.